The van der Waals surface area contributed by atoms with E-state index in [1.807, 2.05) is 0 Å². The standard InChI is InChI=1S/C48H43NO3/c1-46(2)40-12-8-6-10-34(40)35-20-16-31(28-42(35)46)48(30-14-17-32(18-15-30)49-24-26-51-27-25-49)23-22-38-44-43(37-11-7-9-13-41(37)47(44,3)4)36-21-19-33(50-5)29-39(36)45(38)52-48/h6-23,28-29H,24-27H2,1-5H3. The molecule has 1 unspecified atom stereocenters. The van der Waals surface area contributed by atoms with Gasteiger partial charge in [0.1, 0.15) is 11.5 Å². The third kappa shape index (κ3) is 4.25. The van der Waals surface area contributed by atoms with Crippen molar-refractivity contribution in [2.75, 3.05) is 38.3 Å². The van der Waals surface area contributed by atoms with Crippen molar-refractivity contribution in [3.8, 4) is 33.8 Å². The smallest absolute Gasteiger partial charge is 0.178 e. The second-order valence-corrected chi connectivity index (χ2v) is 15.8. The summed E-state index contributed by atoms with van der Waals surface area (Å²) < 4.78 is 19.3. The van der Waals surface area contributed by atoms with Crippen LogP contribution in [0.15, 0.2) is 115 Å². The molecule has 1 saturated heterocycles. The number of methoxy groups -OCH3 is 1. The zero-order valence-electron chi connectivity index (χ0n) is 30.5. The van der Waals surface area contributed by atoms with E-state index >= 15 is 0 Å². The first-order chi connectivity index (χ1) is 25.2. The summed E-state index contributed by atoms with van der Waals surface area (Å²) in [5.74, 6) is 1.71. The summed E-state index contributed by atoms with van der Waals surface area (Å²) >= 11 is 0. The molecule has 0 saturated carbocycles. The first-order valence-electron chi connectivity index (χ1n) is 18.6. The fourth-order valence-electron chi connectivity index (χ4n) is 9.71. The maximum Gasteiger partial charge on any atom is 0.178 e. The third-order valence-electron chi connectivity index (χ3n) is 12.4. The average molecular weight is 682 g/mol. The Kier molecular flexibility index (Phi) is 6.70. The van der Waals surface area contributed by atoms with Crippen LogP contribution >= 0.6 is 0 Å². The molecule has 0 spiro atoms. The van der Waals surface area contributed by atoms with Gasteiger partial charge in [-0.3, -0.25) is 0 Å². The number of nitrogens with zero attached hydrogens (tertiary/aromatic N) is 1. The van der Waals surface area contributed by atoms with Gasteiger partial charge in [0, 0.05) is 51.7 Å². The van der Waals surface area contributed by atoms with Crippen LogP contribution in [0, 0.1) is 0 Å². The molecule has 10 rings (SSSR count). The molecular formula is C48H43NO3. The summed E-state index contributed by atoms with van der Waals surface area (Å²) in [6.07, 6.45) is 4.68. The number of benzene rings is 6. The molecule has 6 aromatic carbocycles. The number of hydrogen-bond acceptors (Lipinski definition) is 4. The number of hydrogen-bond donors (Lipinski definition) is 0. The molecular weight excluding hydrogens is 639 g/mol. The maximum atomic E-state index is 7.74. The molecule has 2 heterocycles. The zero-order chi connectivity index (χ0) is 35.4. The number of rotatable bonds is 4. The van der Waals surface area contributed by atoms with Gasteiger partial charge in [-0.05, 0) is 92.4 Å². The summed E-state index contributed by atoms with van der Waals surface area (Å²) in [7, 11) is 1.74. The fraction of sp³-hybridized carbons (Fsp3) is 0.250. The highest BCUT2D eigenvalue weighted by Gasteiger charge is 2.45. The van der Waals surface area contributed by atoms with E-state index in [2.05, 4.69) is 154 Å². The Hall–Kier alpha value is -5.32. The minimum atomic E-state index is -0.879. The molecule has 0 radical (unpaired) electrons. The van der Waals surface area contributed by atoms with Gasteiger partial charge in [0.25, 0.3) is 0 Å². The molecule has 4 aliphatic rings. The van der Waals surface area contributed by atoms with Crippen LogP contribution in [0.5, 0.6) is 11.5 Å². The van der Waals surface area contributed by atoms with E-state index in [9.17, 15) is 0 Å². The predicted molar refractivity (Wildman–Crippen MR) is 212 cm³/mol. The van der Waals surface area contributed by atoms with Crippen LogP contribution < -0.4 is 14.4 Å². The Labute approximate surface area is 306 Å². The Morgan fingerprint density at radius 3 is 2.06 bits per heavy atom. The normalized spacial score (nSPS) is 20.1. The van der Waals surface area contributed by atoms with Crippen molar-refractivity contribution in [2.45, 2.75) is 44.1 Å². The lowest BCUT2D eigenvalue weighted by Gasteiger charge is -2.39. The van der Waals surface area contributed by atoms with Gasteiger partial charge in [0.15, 0.2) is 5.60 Å². The third-order valence-corrected chi connectivity index (χ3v) is 12.4. The summed E-state index contributed by atoms with van der Waals surface area (Å²) in [5, 5.41) is 2.25. The van der Waals surface area contributed by atoms with Gasteiger partial charge in [-0.1, -0.05) is 107 Å². The second-order valence-electron chi connectivity index (χ2n) is 15.8. The quantitative estimate of drug-likeness (QED) is 0.185. The zero-order valence-corrected chi connectivity index (χ0v) is 30.5. The van der Waals surface area contributed by atoms with Gasteiger partial charge in [0.05, 0.1) is 20.3 Å². The number of fused-ring (bicyclic) bond motifs is 11. The minimum Gasteiger partial charge on any atom is -0.497 e. The van der Waals surface area contributed by atoms with Gasteiger partial charge in [-0.2, -0.15) is 0 Å². The lowest BCUT2D eigenvalue weighted by molar-refractivity contribution is 0.122. The van der Waals surface area contributed by atoms with Crippen LogP contribution in [0.2, 0.25) is 0 Å². The van der Waals surface area contributed by atoms with E-state index < -0.39 is 5.60 Å². The molecule has 2 aliphatic carbocycles. The molecule has 2 aliphatic heterocycles. The topological polar surface area (TPSA) is 30.9 Å². The summed E-state index contributed by atoms with van der Waals surface area (Å²) in [5.41, 5.74) is 13.9. The predicted octanol–water partition coefficient (Wildman–Crippen LogP) is 10.6. The van der Waals surface area contributed by atoms with Crippen LogP contribution in [-0.4, -0.2) is 33.4 Å². The van der Waals surface area contributed by atoms with Gasteiger partial charge < -0.3 is 19.1 Å². The Morgan fingerprint density at radius 2 is 1.31 bits per heavy atom. The van der Waals surface area contributed by atoms with Crippen molar-refractivity contribution in [1.82, 2.24) is 0 Å². The SMILES string of the molecule is COc1ccc2c3c(c4c(c2c1)OC(c1ccc(N2CCOCC2)cc1)(c1ccc2c(c1)C(C)(C)c1ccccc1-2)C=C4)C(C)(C)c1ccccc1-3. The lowest BCUT2D eigenvalue weighted by Crippen LogP contribution is -2.37. The van der Waals surface area contributed by atoms with E-state index in [0.717, 1.165) is 59.9 Å². The molecule has 0 aromatic heterocycles. The van der Waals surface area contributed by atoms with E-state index in [1.54, 1.807) is 7.11 Å². The van der Waals surface area contributed by atoms with Crippen molar-refractivity contribution in [2.24, 2.45) is 0 Å². The molecule has 1 atom stereocenters. The summed E-state index contributed by atoms with van der Waals surface area (Å²) in [4.78, 5) is 2.41. The van der Waals surface area contributed by atoms with Gasteiger partial charge in [0.2, 0.25) is 0 Å². The molecule has 0 bridgehead atoms. The van der Waals surface area contributed by atoms with E-state index in [4.69, 9.17) is 14.2 Å². The monoisotopic (exact) mass is 681 g/mol. The largest absolute Gasteiger partial charge is 0.497 e. The van der Waals surface area contributed by atoms with Crippen LogP contribution in [0.4, 0.5) is 5.69 Å². The fourth-order valence-corrected chi connectivity index (χ4v) is 9.71. The van der Waals surface area contributed by atoms with Crippen molar-refractivity contribution in [1.29, 1.82) is 0 Å². The summed E-state index contributed by atoms with van der Waals surface area (Å²) in [6, 6.07) is 40.3. The first kappa shape index (κ1) is 31.4. The number of ether oxygens (including phenoxy) is 3. The van der Waals surface area contributed by atoms with Crippen LogP contribution in [-0.2, 0) is 21.2 Å². The van der Waals surface area contributed by atoms with Gasteiger partial charge >= 0.3 is 0 Å². The molecule has 52 heavy (non-hydrogen) atoms. The Bertz CT molecular complexity index is 2470. The molecule has 1 fully saturated rings. The lowest BCUT2D eigenvalue weighted by atomic mass is 9.76. The highest BCUT2D eigenvalue weighted by Crippen LogP contribution is 2.59. The molecule has 6 aromatic rings. The van der Waals surface area contributed by atoms with Gasteiger partial charge in [-0.25, -0.2) is 0 Å². The average Bonchev–Trinajstić information content (AvgIpc) is 3.57. The van der Waals surface area contributed by atoms with Crippen LogP contribution in [0.25, 0.3) is 39.1 Å². The molecule has 4 nitrogen and oxygen atoms in total. The van der Waals surface area contributed by atoms with Crippen molar-refractivity contribution >= 4 is 22.5 Å². The van der Waals surface area contributed by atoms with Crippen molar-refractivity contribution in [3.63, 3.8) is 0 Å². The molecule has 4 heteroatoms. The molecule has 0 amide bonds. The Morgan fingerprint density at radius 1 is 0.635 bits per heavy atom. The van der Waals surface area contributed by atoms with E-state index in [1.165, 1.54) is 55.6 Å². The molecule has 0 N–H and O–H groups in total. The molecule has 258 valence electrons. The second kappa shape index (κ2) is 11.1. The minimum absolute atomic E-state index is 0.143. The van der Waals surface area contributed by atoms with Crippen molar-refractivity contribution in [3.05, 3.63) is 154 Å². The number of morpholine rings is 1. The van der Waals surface area contributed by atoms with Crippen LogP contribution in [0.1, 0.15) is 66.6 Å². The van der Waals surface area contributed by atoms with E-state index in [0.29, 0.717) is 0 Å². The highest BCUT2D eigenvalue weighted by molar-refractivity contribution is 6.09. The number of anilines is 1. The van der Waals surface area contributed by atoms with Crippen LogP contribution in [0.3, 0.4) is 0 Å². The van der Waals surface area contributed by atoms with E-state index in [-0.39, 0.29) is 10.8 Å². The summed E-state index contributed by atoms with van der Waals surface area (Å²) in [6.45, 7) is 12.7. The first-order valence-corrected chi connectivity index (χ1v) is 18.6. The highest BCUT2D eigenvalue weighted by atomic mass is 16.5. The van der Waals surface area contributed by atoms with Crippen molar-refractivity contribution < 1.29 is 14.2 Å². The Balaban J connectivity index is 1.22. The van der Waals surface area contributed by atoms with Gasteiger partial charge in [-0.15, -0.1) is 0 Å². The maximum absolute atomic E-state index is 7.74.